The van der Waals surface area contributed by atoms with Crippen molar-refractivity contribution in [2.45, 2.75) is 13.0 Å². The standard InChI is InChI=1S/C14H18ClN3O3/c1-9(16)13(19)17-10-2-3-11(12(15)8-10)14(20)18-4-6-21-7-5-18/h2-3,8-9H,4-7,16H2,1H3,(H,17,19)/t9-/m0/s1. The van der Waals surface area contributed by atoms with Crippen molar-refractivity contribution >= 4 is 29.1 Å². The Hall–Kier alpha value is -1.63. The SMILES string of the molecule is C[C@H](N)C(=O)Nc1ccc(C(=O)N2CCOCC2)c(Cl)c1. The average Bonchev–Trinajstić information content (AvgIpc) is 2.47. The topological polar surface area (TPSA) is 84.7 Å². The third kappa shape index (κ3) is 3.93. The second-order valence-electron chi connectivity index (χ2n) is 4.88. The third-order valence-corrected chi connectivity index (χ3v) is 3.49. The Morgan fingerprint density at radius 3 is 2.62 bits per heavy atom. The predicted octanol–water partition coefficient (Wildman–Crippen LogP) is 1.10. The lowest BCUT2D eigenvalue weighted by atomic mass is 10.1. The quantitative estimate of drug-likeness (QED) is 0.875. The van der Waals surface area contributed by atoms with Gasteiger partial charge in [0.15, 0.2) is 0 Å². The number of anilines is 1. The van der Waals surface area contributed by atoms with Crippen molar-refractivity contribution in [3.05, 3.63) is 28.8 Å². The molecule has 2 amide bonds. The van der Waals surface area contributed by atoms with Gasteiger partial charge >= 0.3 is 0 Å². The lowest BCUT2D eigenvalue weighted by Gasteiger charge is -2.27. The third-order valence-electron chi connectivity index (χ3n) is 3.18. The maximum absolute atomic E-state index is 12.3. The number of nitrogens with one attached hydrogen (secondary N) is 1. The van der Waals surface area contributed by atoms with Crippen LogP contribution in [0.25, 0.3) is 0 Å². The van der Waals surface area contributed by atoms with Crippen LogP contribution < -0.4 is 11.1 Å². The van der Waals surface area contributed by atoms with Crippen LogP contribution in [0.3, 0.4) is 0 Å². The molecule has 1 aliphatic rings. The summed E-state index contributed by atoms with van der Waals surface area (Å²) in [5, 5.41) is 2.93. The molecule has 0 aromatic heterocycles. The predicted molar refractivity (Wildman–Crippen MR) is 80.5 cm³/mol. The van der Waals surface area contributed by atoms with Crippen molar-refractivity contribution < 1.29 is 14.3 Å². The van der Waals surface area contributed by atoms with Crippen molar-refractivity contribution in [3.63, 3.8) is 0 Å². The molecule has 0 spiro atoms. The van der Waals surface area contributed by atoms with Gasteiger partial charge in [0.1, 0.15) is 0 Å². The Labute approximate surface area is 128 Å². The summed E-state index contributed by atoms with van der Waals surface area (Å²) in [6, 6.07) is 4.19. The smallest absolute Gasteiger partial charge is 0.255 e. The van der Waals surface area contributed by atoms with E-state index in [1.165, 1.54) is 0 Å². The van der Waals surface area contributed by atoms with Crippen LogP contribution in [-0.4, -0.2) is 49.1 Å². The number of amides is 2. The molecule has 2 rings (SSSR count). The second kappa shape index (κ2) is 6.89. The number of nitrogens with zero attached hydrogens (tertiary/aromatic N) is 1. The van der Waals surface area contributed by atoms with Crippen LogP contribution in [0.2, 0.25) is 5.02 Å². The van der Waals surface area contributed by atoms with Crippen LogP contribution >= 0.6 is 11.6 Å². The fourth-order valence-electron chi connectivity index (χ4n) is 1.96. The van der Waals surface area contributed by atoms with Gasteiger partial charge in [0.05, 0.1) is 29.8 Å². The van der Waals surface area contributed by atoms with E-state index >= 15 is 0 Å². The molecule has 7 heteroatoms. The van der Waals surface area contributed by atoms with Crippen molar-refractivity contribution in [1.82, 2.24) is 4.90 Å². The summed E-state index contributed by atoms with van der Waals surface area (Å²) in [4.78, 5) is 25.6. The van der Waals surface area contributed by atoms with E-state index in [2.05, 4.69) is 5.32 Å². The minimum Gasteiger partial charge on any atom is -0.378 e. The number of morpholine rings is 1. The fraction of sp³-hybridized carbons (Fsp3) is 0.429. The number of benzene rings is 1. The highest BCUT2D eigenvalue weighted by molar-refractivity contribution is 6.34. The molecule has 0 saturated carbocycles. The van der Waals surface area contributed by atoms with Crippen molar-refractivity contribution in [2.75, 3.05) is 31.6 Å². The molecule has 3 N–H and O–H groups in total. The number of hydrogen-bond acceptors (Lipinski definition) is 4. The summed E-state index contributed by atoms with van der Waals surface area (Å²) < 4.78 is 5.22. The Kier molecular flexibility index (Phi) is 5.17. The summed E-state index contributed by atoms with van der Waals surface area (Å²) in [6.45, 7) is 3.77. The highest BCUT2D eigenvalue weighted by Gasteiger charge is 2.21. The first-order valence-electron chi connectivity index (χ1n) is 6.72. The van der Waals surface area contributed by atoms with Gasteiger partial charge in [-0.3, -0.25) is 9.59 Å². The van der Waals surface area contributed by atoms with E-state index in [0.717, 1.165) is 0 Å². The van der Waals surface area contributed by atoms with Crippen LogP contribution in [-0.2, 0) is 9.53 Å². The summed E-state index contributed by atoms with van der Waals surface area (Å²) in [5.41, 5.74) is 6.41. The number of rotatable bonds is 3. The molecule has 1 aliphatic heterocycles. The van der Waals surface area contributed by atoms with Gasteiger partial charge in [-0.25, -0.2) is 0 Å². The minimum atomic E-state index is -0.613. The molecule has 1 heterocycles. The molecule has 0 radical (unpaired) electrons. The molecule has 0 aliphatic carbocycles. The largest absolute Gasteiger partial charge is 0.378 e. The molecule has 1 saturated heterocycles. The number of carbonyl (C=O) groups excluding carboxylic acids is 2. The van der Waals surface area contributed by atoms with Gasteiger partial charge in [-0.05, 0) is 25.1 Å². The van der Waals surface area contributed by atoms with Crippen molar-refractivity contribution in [1.29, 1.82) is 0 Å². The van der Waals surface area contributed by atoms with E-state index in [1.54, 1.807) is 30.0 Å². The van der Waals surface area contributed by atoms with E-state index in [1.807, 2.05) is 0 Å². The van der Waals surface area contributed by atoms with Crippen LogP contribution in [0.5, 0.6) is 0 Å². The van der Waals surface area contributed by atoms with E-state index in [0.29, 0.717) is 42.6 Å². The Balaban J connectivity index is 2.11. The highest BCUT2D eigenvalue weighted by Crippen LogP contribution is 2.23. The lowest BCUT2D eigenvalue weighted by molar-refractivity contribution is -0.117. The summed E-state index contributed by atoms with van der Waals surface area (Å²) in [7, 11) is 0. The van der Waals surface area contributed by atoms with Gasteiger partial charge in [0.25, 0.3) is 5.91 Å². The highest BCUT2D eigenvalue weighted by atomic mass is 35.5. The van der Waals surface area contributed by atoms with Gasteiger partial charge in [-0.2, -0.15) is 0 Å². The summed E-state index contributed by atoms with van der Waals surface area (Å²) >= 11 is 6.15. The number of ether oxygens (including phenoxy) is 1. The molecule has 6 nitrogen and oxygen atoms in total. The molecule has 0 unspecified atom stereocenters. The Morgan fingerprint density at radius 1 is 1.38 bits per heavy atom. The zero-order valence-corrected chi connectivity index (χ0v) is 12.5. The maximum atomic E-state index is 12.3. The second-order valence-corrected chi connectivity index (χ2v) is 5.28. The van der Waals surface area contributed by atoms with E-state index in [9.17, 15) is 9.59 Å². The zero-order chi connectivity index (χ0) is 15.4. The molecular formula is C14H18ClN3O3. The molecule has 0 bridgehead atoms. The number of hydrogen-bond donors (Lipinski definition) is 2. The molecule has 1 aromatic rings. The molecular weight excluding hydrogens is 294 g/mol. The zero-order valence-electron chi connectivity index (χ0n) is 11.8. The molecule has 114 valence electrons. The Bertz CT molecular complexity index is 542. The maximum Gasteiger partial charge on any atom is 0.255 e. The number of carbonyl (C=O) groups is 2. The summed E-state index contributed by atoms with van der Waals surface area (Å²) in [5.74, 6) is -0.438. The van der Waals surface area contributed by atoms with Crippen molar-refractivity contribution in [3.8, 4) is 0 Å². The van der Waals surface area contributed by atoms with Gasteiger partial charge in [-0.15, -0.1) is 0 Å². The van der Waals surface area contributed by atoms with Gasteiger partial charge in [0.2, 0.25) is 5.91 Å². The van der Waals surface area contributed by atoms with E-state index < -0.39 is 6.04 Å². The van der Waals surface area contributed by atoms with Gasteiger partial charge in [0, 0.05) is 18.8 Å². The summed E-state index contributed by atoms with van der Waals surface area (Å²) in [6.07, 6.45) is 0. The molecule has 1 aromatic carbocycles. The van der Waals surface area contributed by atoms with Crippen LogP contribution in [0, 0.1) is 0 Å². The van der Waals surface area contributed by atoms with Gasteiger partial charge in [-0.1, -0.05) is 11.6 Å². The van der Waals surface area contributed by atoms with Gasteiger partial charge < -0.3 is 20.7 Å². The number of nitrogens with two attached hydrogens (primary N) is 1. The number of halogens is 1. The first-order valence-corrected chi connectivity index (χ1v) is 7.10. The van der Waals surface area contributed by atoms with Crippen LogP contribution in [0.4, 0.5) is 5.69 Å². The fourth-order valence-corrected chi connectivity index (χ4v) is 2.22. The van der Waals surface area contributed by atoms with Crippen LogP contribution in [0.1, 0.15) is 17.3 Å². The van der Waals surface area contributed by atoms with E-state index in [4.69, 9.17) is 22.1 Å². The van der Waals surface area contributed by atoms with Crippen molar-refractivity contribution in [2.24, 2.45) is 5.73 Å². The monoisotopic (exact) mass is 311 g/mol. The molecule has 1 atom stereocenters. The average molecular weight is 312 g/mol. The molecule has 21 heavy (non-hydrogen) atoms. The first-order chi connectivity index (χ1) is 9.99. The Morgan fingerprint density at radius 2 is 2.05 bits per heavy atom. The lowest BCUT2D eigenvalue weighted by Crippen LogP contribution is -2.40. The van der Waals surface area contributed by atoms with E-state index in [-0.39, 0.29) is 11.8 Å². The minimum absolute atomic E-state index is 0.131. The molecule has 1 fully saturated rings. The normalized spacial score (nSPS) is 16.4. The van der Waals surface area contributed by atoms with Crippen LogP contribution in [0.15, 0.2) is 18.2 Å². The first kappa shape index (κ1) is 15.8.